The van der Waals surface area contributed by atoms with Crippen LogP contribution in [0.15, 0.2) is 35.2 Å². The first-order valence-corrected chi connectivity index (χ1v) is 7.20. The van der Waals surface area contributed by atoms with E-state index in [4.69, 9.17) is 4.52 Å². The minimum Gasteiger partial charge on any atom is -0.334 e. The fourth-order valence-corrected chi connectivity index (χ4v) is 2.99. The van der Waals surface area contributed by atoms with Crippen LogP contribution in [0.5, 0.6) is 0 Å². The van der Waals surface area contributed by atoms with Gasteiger partial charge in [0.15, 0.2) is 0 Å². The summed E-state index contributed by atoms with van der Waals surface area (Å²) in [5, 5.41) is 4.08. The first-order chi connectivity index (χ1) is 10.2. The van der Waals surface area contributed by atoms with E-state index in [1.54, 1.807) is 6.20 Å². The van der Waals surface area contributed by atoms with Gasteiger partial charge in [-0.05, 0) is 37.5 Å². The standard InChI is InChI=1S/C14H11N5OS/c1-8-12(9(2)21-18-8)13-16-14(20-17-13)10-3-4-11-15-5-6-19(11)7-10/h3-7H,1-2H3. The van der Waals surface area contributed by atoms with Crippen molar-refractivity contribution < 1.29 is 4.52 Å². The number of hydrogen-bond donors (Lipinski definition) is 0. The highest BCUT2D eigenvalue weighted by molar-refractivity contribution is 7.06. The SMILES string of the molecule is Cc1nsc(C)c1-c1noc(-c2ccc3nccn3c2)n1. The number of rotatable bonds is 2. The maximum atomic E-state index is 5.39. The lowest BCUT2D eigenvalue weighted by Crippen LogP contribution is -1.87. The van der Waals surface area contributed by atoms with Gasteiger partial charge in [-0.2, -0.15) is 9.36 Å². The minimum atomic E-state index is 0.491. The summed E-state index contributed by atoms with van der Waals surface area (Å²) in [6.45, 7) is 3.96. The smallest absolute Gasteiger partial charge is 0.259 e. The number of pyridine rings is 1. The number of fused-ring (bicyclic) bond motifs is 1. The summed E-state index contributed by atoms with van der Waals surface area (Å²) < 4.78 is 11.6. The first kappa shape index (κ1) is 12.2. The summed E-state index contributed by atoms with van der Waals surface area (Å²) in [5.41, 5.74) is 3.62. The molecule has 0 radical (unpaired) electrons. The van der Waals surface area contributed by atoms with Crippen LogP contribution in [0.3, 0.4) is 0 Å². The van der Waals surface area contributed by atoms with E-state index >= 15 is 0 Å². The van der Waals surface area contributed by atoms with Gasteiger partial charge in [0.25, 0.3) is 5.89 Å². The molecule has 0 N–H and O–H groups in total. The van der Waals surface area contributed by atoms with Crippen molar-refractivity contribution in [1.29, 1.82) is 0 Å². The van der Waals surface area contributed by atoms with Gasteiger partial charge in [-0.15, -0.1) is 0 Å². The summed E-state index contributed by atoms with van der Waals surface area (Å²) in [6.07, 6.45) is 5.56. The van der Waals surface area contributed by atoms with E-state index in [1.807, 2.05) is 42.8 Å². The molecule has 0 spiro atoms. The molecular formula is C14H11N5OS. The summed E-state index contributed by atoms with van der Waals surface area (Å²) in [6, 6.07) is 3.84. The topological polar surface area (TPSA) is 69.1 Å². The molecule has 7 heteroatoms. The molecule has 6 nitrogen and oxygen atoms in total. The molecule has 4 aromatic rings. The molecule has 4 aromatic heterocycles. The highest BCUT2D eigenvalue weighted by Gasteiger charge is 2.17. The zero-order valence-electron chi connectivity index (χ0n) is 11.4. The van der Waals surface area contributed by atoms with Crippen LogP contribution in [0.2, 0.25) is 0 Å². The Labute approximate surface area is 124 Å². The Hall–Kier alpha value is -2.54. The normalized spacial score (nSPS) is 11.3. The monoisotopic (exact) mass is 297 g/mol. The fraction of sp³-hybridized carbons (Fsp3) is 0.143. The third-order valence-corrected chi connectivity index (χ3v) is 4.16. The third kappa shape index (κ3) is 1.93. The molecule has 0 saturated heterocycles. The minimum absolute atomic E-state index is 0.491. The van der Waals surface area contributed by atoms with Gasteiger partial charge in [0.1, 0.15) is 5.65 Å². The van der Waals surface area contributed by atoms with Gasteiger partial charge in [-0.25, -0.2) is 4.98 Å². The lowest BCUT2D eigenvalue weighted by molar-refractivity contribution is 0.432. The van der Waals surface area contributed by atoms with Crippen molar-refractivity contribution in [1.82, 2.24) is 23.9 Å². The number of aryl methyl sites for hydroxylation is 2. The third-order valence-electron chi connectivity index (χ3n) is 3.32. The molecule has 0 aromatic carbocycles. The molecule has 0 aliphatic heterocycles. The van der Waals surface area contributed by atoms with E-state index in [0.29, 0.717) is 11.7 Å². The van der Waals surface area contributed by atoms with E-state index < -0.39 is 0 Å². The number of nitrogens with zero attached hydrogens (tertiary/aromatic N) is 5. The average molecular weight is 297 g/mol. The second-order valence-electron chi connectivity index (χ2n) is 4.73. The van der Waals surface area contributed by atoms with Gasteiger partial charge < -0.3 is 8.92 Å². The Kier molecular flexibility index (Phi) is 2.61. The molecule has 0 saturated carbocycles. The Morgan fingerprint density at radius 1 is 1.24 bits per heavy atom. The van der Waals surface area contributed by atoms with Gasteiger partial charge in [0.2, 0.25) is 5.82 Å². The van der Waals surface area contributed by atoms with Gasteiger partial charge >= 0.3 is 0 Å². The Balaban J connectivity index is 1.80. The van der Waals surface area contributed by atoms with E-state index in [9.17, 15) is 0 Å². The summed E-state index contributed by atoms with van der Waals surface area (Å²) in [7, 11) is 0. The van der Waals surface area contributed by atoms with Crippen molar-refractivity contribution in [2.75, 3.05) is 0 Å². The van der Waals surface area contributed by atoms with E-state index in [1.165, 1.54) is 11.5 Å². The maximum Gasteiger partial charge on any atom is 0.259 e. The van der Waals surface area contributed by atoms with Gasteiger partial charge in [0, 0.05) is 23.5 Å². The average Bonchev–Trinajstić information content (AvgIpc) is 3.18. The van der Waals surface area contributed by atoms with Crippen LogP contribution in [-0.4, -0.2) is 23.9 Å². The van der Waals surface area contributed by atoms with E-state index in [-0.39, 0.29) is 0 Å². The molecule has 4 rings (SSSR count). The number of hydrogen-bond acceptors (Lipinski definition) is 6. The summed E-state index contributed by atoms with van der Waals surface area (Å²) in [4.78, 5) is 9.79. The van der Waals surface area contributed by atoms with Crippen LogP contribution in [0.25, 0.3) is 28.5 Å². The molecule has 0 fully saturated rings. The summed E-state index contributed by atoms with van der Waals surface area (Å²) >= 11 is 1.45. The van der Waals surface area contributed by atoms with Gasteiger partial charge in [-0.3, -0.25) is 0 Å². The highest BCUT2D eigenvalue weighted by atomic mass is 32.1. The Morgan fingerprint density at radius 3 is 2.95 bits per heavy atom. The summed E-state index contributed by atoms with van der Waals surface area (Å²) in [5.74, 6) is 1.07. The quantitative estimate of drug-likeness (QED) is 0.568. The van der Waals surface area contributed by atoms with Crippen molar-refractivity contribution in [3.05, 3.63) is 41.3 Å². The van der Waals surface area contributed by atoms with Gasteiger partial charge in [-0.1, -0.05) is 5.16 Å². The largest absolute Gasteiger partial charge is 0.334 e. The van der Waals surface area contributed by atoms with Crippen LogP contribution in [0.4, 0.5) is 0 Å². The number of imidazole rings is 1. The van der Waals surface area contributed by atoms with Crippen LogP contribution in [0, 0.1) is 13.8 Å². The predicted molar refractivity (Wildman–Crippen MR) is 79.1 cm³/mol. The molecule has 0 atom stereocenters. The zero-order valence-corrected chi connectivity index (χ0v) is 12.3. The maximum absolute atomic E-state index is 5.39. The molecular weight excluding hydrogens is 286 g/mol. The zero-order chi connectivity index (χ0) is 14.4. The van der Waals surface area contributed by atoms with Crippen molar-refractivity contribution in [2.24, 2.45) is 0 Å². The second kappa shape index (κ2) is 4.49. The molecule has 0 aliphatic rings. The molecule has 0 aliphatic carbocycles. The fourth-order valence-electron chi connectivity index (χ4n) is 2.29. The molecule has 4 heterocycles. The molecule has 21 heavy (non-hydrogen) atoms. The van der Waals surface area contributed by atoms with Crippen LogP contribution < -0.4 is 0 Å². The van der Waals surface area contributed by atoms with Crippen molar-refractivity contribution in [3.8, 4) is 22.8 Å². The lowest BCUT2D eigenvalue weighted by Gasteiger charge is -1.96. The van der Waals surface area contributed by atoms with Gasteiger partial charge in [0.05, 0.1) is 16.8 Å². The molecule has 0 unspecified atom stereocenters. The highest BCUT2D eigenvalue weighted by Crippen LogP contribution is 2.29. The second-order valence-corrected chi connectivity index (χ2v) is 5.71. The van der Waals surface area contributed by atoms with E-state index in [0.717, 1.165) is 27.3 Å². The van der Waals surface area contributed by atoms with Crippen LogP contribution >= 0.6 is 11.5 Å². The molecule has 0 amide bonds. The van der Waals surface area contributed by atoms with Crippen LogP contribution in [0.1, 0.15) is 10.6 Å². The van der Waals surface area contributed by atoms with E-state index in [2.05, 4.69) is 19.5 Å². The predicted octanol–water partition coefficient (Wildman–Crippen LogP) is 3.12. The molecule has 104 valence electrons. The number of aromatic nitrogens is 5. The Bertz CT molecular complexity index is 916. The van der Waals surface area contributed by atoms with Crippen LogP contribution in [-0.2, 0) is 0 Å². The Morgan fingerprint density at radius 2 is 2.14 bits per heavy atom. The van der Waals surface area contributed by atoms with Crippen molar-refractivity contribution in [2.45, 2.75) is 13.8 Å². The first-order valence-electron chi connectivity index (χ1n) is 6.42. The molecule has 0 bridgehead atoms. The van der Waals surface area contributed by atoms with Crippen molar-refractivity contribution in [3.63, 3.8) is 0 Å². The lowest BCUT2D eigenvalue weighted by atomic mass is 10.2. The van der Waals surface area contributed by atoms with Crippen molar-refractivity contribution >= 4 is 17.2 Å².